The number of aryl methyl sites for hydroxylation is 1. The highest BCUT2D eigenvalue weighted by Crippen LogP contribution is 2.46. The molecule has 0 spiro atoms. The molecule has 150 valence electrons. The summed E-state index contributed by atoms with van der Waals surface area (Å²) in [4.78, 5) is 15.7. The third-order valence-corrected chi connectivity index (χ3v) is 6.86. The minimum atomic E-state index is -1.45. The maximum absolute atomic E-state index is 12.7. The molecule has 1 atom stereocenters. The zero-order chi connectivity index (χ0) is 21.4. The number of hydrogen-bond donors (Lipinski definition) is 1. The second kappa shape index (κ2) is 7.73. The van der Waals surface area contributed by atoms with E-state index in [1.54, 1.807) is 18.5 Å². The zero-order valence-electron chi connectivity index (χ0n) is 16.4. The van der Waals surface area contributed by atoms with Crippen molar-refractivity contribution in [3.63, 3.8) is 0 Å². The van der Waals surface area contributed by atoms with Crippen LogP contribution in [0.25, 0.3) is 10.9 Å². The maximum atomic E-state index is 12.7. The van der Waals surface area contributed by atoms with Crippen molar-refractivity contribution >= 4 is 44.5 Å². The van der Waals surface area contributed by atoms with E-state index in [1.165, 1.54) is 18.0 Å². The third kappa shape index (κ3) is 3.49. The molecule has 0 saturated carbocycles. The number of fused-ring (bicyclic) bond motifs is 1. The SMILES string of the molecule is C#Cc1cnc2c(C)cc(OC(SC)(C(N)=O)C(C)(C)c3nocc3Br)cc2c1. The van der Waals surface area contributed by atoms with E-state index >= 15 is 0 Å². The number of carbonyl (C=O) groups excluding carboxylic acids is 1. The summed E-state index contributed by atoms with van der Waals surface area (Å²) in [7, 11) is 0. The second-order valence-electron chi connectivity index (χ2n) is 7.10. The van der Waals surface area contributed by atoms with Crippen LogP contribution in [0.4, 0.5) is 0 Å². The number of benzene rings is 1. The largest absolute Gasteiger partial charge is 0.466 e. The lowest BCUT2D eigenvalue weighted by Crippen LogP contribution is -2.58. The minimum Gasteiger partial charge on any atom is -0.466 e. The first-order valence-corrected chi connectivity index (χ1v) is 10.7. The Morgan fingerprint density at radius 3 is 2.66 bits per heavy atom. The van der Waals surface area contributed by atoms with E-state index in [-0.39, 0.29) is 0 Å². The van der Waals surface area contributed by atoms with Gasteiger partial charge in [0.05, 0.1) is 15.4 Å². The maximum Gasteiger partial charge on any atom is 0.273 e. The number of amides is 1. The van der Waals surface area contributed by atoms with Gasteiger partial charge in [-0.2, -0.15) is 0 Å². The average molecular weight is 474 g/mol. The normalized spacial score (nSPS) is 13.7. The van der Waals surface area contributed by atoms with Gasteiger partial charge < -0.3 is 15.0 Å². The van der Waals surface area contributed by atoms with Crippen molar-refractivity contribution in [1.82, 2.24) is 10.1 Å². The fourth-order valence-electron chi connectivity index (χ4n) is 3.38. The number of halogens is 1. The van der Waals surface area contributed by atoms with Crippen molar-refractivity contribution < 1.29 is 14.1 Å². The fraction of sp³-hybridized carbons (Fsp3) is 0.286. The quantitative estimate of drug-likeness (QED) is 0.426. The highest BCUT2D eigenvalue weighted by molar-refractivity contribution is 9.10. The highest BCUT2D eigenvalue weighted by atomic mass is 79.9. The van der Waals surface area contributed by atoms with Crippen molar-refractivity contribution in [2.75, 3.05) is 6.26 Å². The van der Waals surface area contributed by atoms with Gasteiger partial charge in [0, 0.05) is 17.1 Å². The number of ether oxygens (including phenoxy) is 1. The van der Waals surface area contributed by atoms with Crippen molar-refractivity contribution in [2.45, 2.75) is 31.1 Å². The number of pyridine rings is 1. The zero-order valence-corrected chi connectivity index (χ0v) is 18.8. The van der Waals surface area contributed by atoms with Crippen molar-refractivity contribution in [1.29, 1.82) is 0 Å². The Kier molecular flexibility index (Phi) is 5.65. The monoisotopic (exact) mass is 473 g/mol. The summed E-state index contributed by atoms with van der Waals surface area (Å²) in [6.07, 6.45) is 10.4. The van der Waals surface area contributed by atoms with E-state index in [0.717, 1.165) is 16.5 Å². The predicted molar refractivity (Wildman–Crippen MR) is 118 cm³/mol. The van der Waals surface area contributed by atoms with E-state index in [0.29, 0.717) is 21.5 Å². The van der Waals surface area contributed by atoms with Gasteiger partial charge in [0.15, 0.2) is 0 Å². The Morgan fingerprint density at radius 1 is 1.38 bits per heavy atom. The number of hydrogen-bond acceptors (Lipinski definition) is 6. The molecule has 8 heteroatoms. The fourth-order valence-corrected chi connectivity index (χ4v) is 5.02. The molecule has 1 aromatic carbocycles. The topological polar surface area (TPSA) is 91.2 Å². The first-order valence-electron chi connectivity index (χ1n) is 8.67. The van der Waals surface area contributed by atoms with Gasteiger partial charge in [-0.3, -0.25) is 9.78 Å². The van der Waals surface area contributed by atoms with Gasteiger partial charge in [-0.05, 0) is 66.7 Å². The molecule has 6 nitrogen and oxygen atoms in total. The Balaban J connectivity index is 2.16. The van der Waals surface area contributed by atoms with E-state index < -0.39 is 16.3 Å². The molecule has 0 aliphatic carbocycles. The predicted octanol–water partition coefficient (Wildman–Crippen LogP) is 4.18. The van der Waals surface area contributed by atoms with Gasteiger partial charge in [-0.1, -0.05) is 11.1 Å². The first kappa shape index (κ1) is 21.2. The van der Waals surface area contributed by atoms with Crippen LogP contribution in [-0.4, -0.2) is 27.2 Å². The smallest absolute Gasteiger partial charge is 0.273 e. The molecule has 3 aromatic rings. The number of carbonyl (C=O) groups is 1. The molecule has 3 rings (SSSR count). The van der Waals surface area contributed by atoms with Crippen molar-refractivity contribution in [3.05, 3.63) is 52.0 Å². The van der Waals surface area contributed by atoms with Gasteiger partial charge in [0.1, 0.15) is 17.7 Å². The van der Waals surface area contributed by atoms with Crippen LogP contribution >= 0.6 is 27.7 Å². The van der Waals surface area contributed by atoms with Crippen LogP contribution in [0.1, 0.15) is 30.7 Å². The molecule has 0 aliphatic heterocycles. The summed E-state index contributed by atoms with van der Waals surface area (Å²) >= 11 is 4.62. The standard InChI is InChI=1S/C21H20BrN3O3S/c1-6-13-8-14-9-15(7-12(2)17(14)24-10-13)28-21(29-5,19(23)26)20(3,4)18-16(22)11-27-25-18/h1,7-11H,2-5H3,(H2,23,26). The highest BCUT2D eigenvalue weighted by Gasteiger charge is 2.55. The molecule has 1 amide bonds. The number of aromatic nitrogens is 2. The first-order chi connectivity index (χ1) is 13.7. The second-order valence-corrected chi connectivity index (χ2v) is 8.94. The third-order valence-electron chi connectivity index (χ3n) is 4.93. The van der Waals surface area contributed by atoms with E-state index in [4.69, 9.17) is 21.4 Å². The van der Waals surface area contributed by atoms with E-state index in [9.17, 15) is 4.79 Å². The van der Waals surface area contributed by atoms with Gasteiger partial charge in [0.2, 0.25) is 4.93 Å². The summed E-state index contributed by atoms with van der Waals surface area (Å²) in [6, 6.07) is 5.48. The van der Waals surface area contributed by atoms with Gasteiger partial charge in [-0.15, -0.1) is 18.2 Å². The molecule has 29 heavy (non-hydrogen) atoms. The van der Waals surface area contributed by atoms with Gasteiger partial charge in [0.25, 0.3) is 5.91 Å². The molecule has 0 radical (unpaired) electrons. The van der Waals surface area contributed by atoms with Crippen LogP contribution < -0.4 is 10.5 Å². The van der Waals surface area contributed by atoms with Crippen LogP contribution in [0, 0.1) is 19.3 Å². The molecule has 0 bridgehead atoms. The number of primary amides is 1. The van der Waals surface area contributed by atoms with Crippen LogP contribution in [0.3, 0.4) is 0 Å². The number of nitrogens with zero attached hydrogens (tertiary/aromatic N) is 2. The van der Waals surface area contributed by atoms with E-state index in [1.807, 2.05) is 32.9 Å². The Labute approximate surface area is 181 Å². The lowest BCUT2D eigenvalue weighted by Gasteiger charge is -2.41. The van der Waals surface area contributed by atoms with Crippen LogP contribution in [0.15, 0.2) is 39.7 Å². The lowest BCUT2D eigenvalue weighted by molar-refractivity contribution is -0.130. The Morgan fingerprint density at radius 2 is 2.10 bits per heavy atom. The van der Waals surface area contributed by atoms with Gasteiger partial charge in [-0.25, -0.2) is 0 Å². The molecule has 0 aliphatic rings. The number of rotatable bonds is 6. The molecule has 0 fully saturated rings. The van der Waals surface area contributed by atoms with E-state index in [2.05, 4.69) is 32.0 Å². The molecule has 2 aromatic heterocycles. The number of thioether (sulfide) groups is 1. The number of terminal acetylenes is 1. The molecule has 0 saturated heterocycles. The molecule has 2 N–H and O–H groups in total. The number of nitrogens with two attached hydrogens (primary N) is 1. The summed E-state index contributed by atoms with van der Waals surface area (Å²) < 4.78 is 12.0. The summed E-state index contributed by atoms with van der Waals surface area (Å²) in [5.41, 5.74) is 7.83. The summed E-state index contributed by atoms with van der Waals surface area (Å²) in [5, 5.41) is 4.88. The molecule has 2 heterocycles. The van der Waals surface area contributed by atoms with Gasteiger partial charge >= 0.3 is 0 Å². The van der Waals surface area contributed by atoms with Crippen LogP contribution in [0.5, 0.6) is 5.75 Å². The molecular formula is C21H20BrN3O3S. The van der Waals surface area contributed by atoms with Crippen molar-refractivity contribution in [2.24, 2.45) is 5.73 Å². The Hall–Kier alpha value is -2.50. The van der Waals surface area contributed by atoms with Crippen molar-refractivity contribution in [3.8, 4) is 18.1 Å². The average Bonchev–Trinajstić information content (AvgIpc) is 3.11. The van der Waals surface area contributed by atoms with Crippen LogP contribution in [-0.2, 0) is 10.2 Å². The Bertz CT molecular complexity index is 1140. The van der Waals surface area contributed by atoms with Crippen LogP contribution in [0.2, 0.25) is 0 Å². The summed E-state index contributed by atoms with van der Waals surface area (Å²) in [6.45, 7) is 5.59. The molecule has 1 unspecified atom stereocenters. The minimum absolute atomic E-state index is 0.479. The lowest BCUT2D eigenvalue weighted by atomic mass is 9.81. The summed E-state index contributed by atoms with van der Waals surface area (Å²) in [5.74, 6) is 2.43. The molecular weight excluding hydrogens is 454 g/mol.